The van der Waals surface area contributed by atoms with Crippen LogP contribution in [0.2, 0.25) is 4.34 Å². The lowest BCUT2D eigenvalue weighted by atomic mass is 10.2. The lowest BCUT2D eigenvalue weighted by molar-refractivity contribution is 0.287. The Kier molecular flexibility index (Phi) is 5.71. The summed E-state index contributed by atoms with van der Waals surface area (Å²) < 4.78 is 12.0. The van der Waals surface area contributed by atoms with Crippen molar-refractivity contribution in [3.8, 4) is 11.5 Å². The van der Waals surface area contributed by atoms with Gasteiger partial charge in [-0.3, -0.25) is 0 Å². The van der Waals surface area contributed by atoms with Crippen LogP contribution >= 0.6 is 22.9 Å². The van der Waals surface area contributed by atoms with Gasteiger partial charge in [0.05, 0.1) is 11.4 Å². The number of benzene rings is 1. The van der Waals surface area contributed by atoms with Gasteiger partial charge in [-0.25, -0.2) is 0 Å². The van der Waals surface area contributed by atoms with E-state index in [1.165, 1.54) is 16.9 Å². The number of thiophene rings is 1. The predicted molar refractivity (Wildman–Crippen MR) is 84.0 cm³/mol. The molecule has 1 heterocycles. The molecule has 0 aliphatic rings. The van der Waals surface area contributed by atoms with Crippen molar-refractivity contribution in [1.29, 1.82) is 0 Å². The summed E-state index contributed by atoms with van der Waals surface area (Å²) >= 11 is 7.43. The Morgan fingerprint density at radius 2 is 2.05 bits per heavy atom. The monoisotopic (exact) mass is 311 g/mol. The van der Waals surface area contributed by atoms with E-state index < -0.39 is 0 Å². The zero-order valence-corrected chi connectivity index (χ0v) is 13.2. The van der Waals surface area contributed by atoms with Gasteiger partial charge in [0.1, 0.15) is 6.61 Å². The standard InChI is InChI=1S/C15H18ClNO2S/c1-3-17-9-11-4-6-13(14(8-11)18-2)19-10-12-5-7-15(16)20-12/h4-8,17H,3,9-10H2,1-2H3. The number of rotatable bonds is 7. The van der Waals surface area contributed by atoms with Crippen LogP contribution in [-0.2, 0) is 13.2 Å². The number of hydrogen-bond acceptors (Lipinski definition) is 4. The molecule has 0 saturated heterocycles. The predicted octanol–water partition coefficient (Wildman–Crippen LogP) is 4.10. The molecular formula is C15H18ClNO2S. The molecule has 2 aromatic rings. The molecule has 0 bridgehead atoms. The van der Waals surface area contributed by atoms with Gasteiger partial charge in [-0.1, -0.05) is 24.6 Å². The number of hydrogen-bond donors (Lipinski definition) is 1. The summed E-state index contributed by atoms with van der Waals surface area (Å²) in [5.41, 5.74) is 1.18. The molecule has 20 heavy (non-hydrogen) atoms. The van der Waals surface area contributed by atoms with Gasteiger partial charge in [-0.2, -0.15) is 0 Å². The normalized spacial score (nSPS) is 10.6. The Hall–Kier alpha value is -1.23. The molecule has 0 atom stereocenters. The Balaban J connectivity index is 2.03. The molecule has 1 aromatic heterocycles. The van der Waals surface area contributed by atoms with Crippen LogP contribution in [0.1, 0.15) is 17.4 Å². The Bertz CT molecular complexity index is 557. The molecule has 0 aliphatic heterocycles. The minimum Gasteiger partial charge on any atom is -0.493 e. The van der Waals surface area contributed by atoms with Crippen LogP contribution < -0.4 is 14.8 Å². The maximum atomic E-state index is 5.90. The van der Waals surface area contributed by atoms with Gasteiger partial charge >= 0.3 is 0 Å². The molecule has 0 fully saturated rings. The molecule has 3 nitrogen and oxygen atoms in total. The van der Waals surface area contributed by atoms with Gasteiger partial charge in [0, 0.05) is 11.4 Å². The summed E-state index contributed by atoms with van der Waals surface area (Å²) in [4.78, 5) is 1.09. The van der Waals surface area contributed by atoms with Crippen LogP contribution in [0.15, 0.2) is 30.3 Å². The van der Waals surface area contributed by atoms with Gasteiger partial charge in [0.15, 0.2) is 11.5 Å². The largest absolute Gasteiger partial charge is 0.493 e. The molecule has 0 spiro atoms. The zero-order valence-electron chi connectivity index (χ0n) is 11.6. The SMILES string of the molecule is CCNCc1ccc(OCc2ccc(Cl)s2)c(OC)c1. The van der Waals surface area contributed by atoms with Crippen molar-refractivity contribution in [2.24, 2.45) is 0 Å². The third kappa shape index (κ3) is 4.13. The van der Waals surface area contributed by atoms with Crippen LogP contribution in [0.25, 0.3) is 0 Å². The van der Waals surface area contributed by atoms with Crippen molar-refractivity contribution in [2.75, 3.05) is 13.7 Å². The Morgan fingerprint density at radius 3 is 2.70 bits per heavy atom. The van der Waals surface area contributed by atoms with E-state index in [0.717, 1.165) is 33.8 Å². The summed E-state index contributed by atoms with van der Waals surface area (Å²) in [6, 6.07) is 9.84. The second-order valence-corrected chi connectivity index (χ2v) is 6.06. The highest BCUT2D eigenvalue weighted by Crippen LogP contribution is 2.30. The summed E-state index contributed by atoms with van der Waals surface area (Å²) in [6.45, 7) is 4.36. The minimum absolute atomic E-state index is 0.500. The van der Waals surface area contributed by atoms with Crippen molar-refractivity contribution >= 4 is 22.9 Å². The molecule has 0 saturated carbocycles. The molecule has 2 rings (SSSR count). The van der Waals surface area contributed by atoms with E-state index in [1.54, 1.807) is 7.11 Å². The number of halogens is 1. The first-order valence-corrected chi connectivity index (χ1v) is 7.67. The second-order valence-electron chi connectivity index (χ2n) is 4.26. The van der Waals surface area contributed by atoms with E-state index in [1.807, 2.05) is 30.3 Å². The van der Waals surface area contributed by atoms with Crippen molar-refractivity contribution in [1.82, 2.24) is 5.32 Å². The topological polar surface area (TPSA) is 30.5 Å². The van der Waals surface area contributed by atoms with E-state index >= 15 is 0 Å². The minimum atomic E-state index is 0.500. The van der Waals surface area contributed by atoms with E-state index in [9.17, 15) is 0 Å². The van der Waals surface area contributed by atoms with Gasteiger partial charge in [-0.05, 0) is 36.4 Å². The van der Waals surface area contributed by atoms with E-state index in [0.29, 0.717) is 6.61 Å². The van der Waals surface area contributed by atoms with E-state index in [-0.39, 0.29) is 0 Å². The van der Waals surface area contributed by atoms with Crippen molar-refractivity contribution in [2.45, 2.75) is 20.1 Å². The Morgan fingerprint density at radius 1 is 1.20 bits per heavy atom. The third-order valence-electron chi connectivity index (χ3n) is 2.81. The summed E-state index contributed by atoms with van der Waals surface area (Å²) in [6.07, 6.45) is 0. The molecule has 5 heteroatoms. The maximum absolute atomic E-state index is 5.90. The first kappa shape index (κ1) is 15.2. The van der Waals surface area contributed by atoms with Crippen molar-refractivity contribution in [3.63, 3.8) is 0 Å². The molecule has 0 amide bonds. The first-order valence-electron chi connectivity index (χ1n) is 6.47. The first-order chi connectivity index (χ1) is 9.72. The fourth-order valence-corrected chi connectivity index (χ4v) is 2.79. The lowest BCUT2D eigenvalue weighted by Gasteiger charge is -2.12. The summed E-state index contributed by atoms with van der Waals surface area (Å²) in [5, 5.41) is 3.29. The van der Waals surface area contributed by atoms with Crippen molar-refractivity contribution in [3.05, 3.63) is 45.1 Å². The van der Waals surface area contributed by atoms with Crippen LogP contribution in [0.3, 0.4) is 0 Å². The molecule has 0 radical (unpaired) electrons. The summed E-state index contributed by atoms with van der Waals surface area (Å²) in [5.74, 6) is 1.50. The van der Waals surface area contributed by atoms with E-state index in [2.05, 4.69) is 12.2 Å². The van der Waals surface area contributed by atoms with Gasteiger partial charge < -0.3 is 14.8 Å². The van der Waals surface area contributed by atoms with Crippen LogP contribution in [-0.4, -0.2) is 13.7 Å². The fraction of sp³-hybridized carbons (Fsp3) is 0.333. The van der Waals surface area contributed by atoms with Crippen molar-refractivity contribution < 1.29 is 9.47 Å². The van der Waals surface area contributed by atoms with Crippen LogP contribution in [0.5, 0.6) is 11.5 Å². The highest BCUT2D eigenvalue weighted by molar-refractivity contribution is 7.16. The molecule has 108 valence electrons. The second kappa shape index (κ2) is 7.53. The molecule has 1 aromatic carbocycles. The molecule has 0 unspecified atom stereocenters. The third-order valence-corrected chi connectivity index (χ3v) is 4.01. The average molecular weight is 312 g/mol. The molecule has 0 aliphatic carbocycles. The average Bonchev–Trinajstić information content (AvgIpc) is 2.88. The number of nitrogens with one attached hydrogen (secondary N) is 1. The highest BCUT2D eigenvalue weighted by atomic mass is 35.5. The quantitative estimate of drug-likeness (QED) is 0.835. The number of methoxy groups -OCH3 is 1. The van der Waals surface area contributed by atoms with E-state index in [4.69, 9.17) is 21.1 Å². The maximum Gasteiger partial charge on any atom is 0.161 e. The smallest absolute Gasteiger partial charge is 0.161 e. The molecular weight excluding hydrogens is 294 g/mol. The van der Waals surface area contributed by atoms with Gasteiger partial charge in [0.25, 0.3) is 0 Å². The zero-order chi connectivity index (χ0) is 14.4. The highest BCUT2D eigenvalue weighted by Gasteiger charge is 2.07. The van der Waals surface area contributed by atoms with Gasteiger partial charge in [0.2, 0.25) is 0 Å². The lowest BCUT2D eigenvalue weighted by Crippen LogP contribution is -2.11. The van der Waals surface area contributed by atoms with Gasteiger partial charge in [-0.15, -0.1) is 11.3 Å². The Labute approximate surface area is 128 Å². The van der Waals surface area contributed by atoms with Crippen LogP contribution in [0.4, 0.5) is 0 Å². The number of ether oxygens (including phenoxy) is 2. The fourth-order valence-electron chi connectivity index (χ4n) is 1.79. The molecule has 1 N–H and O–H groups in total. The summed E-state index contributed by atoms with van der Waals surface area (Å²) in [7, 11) is 1.65. The van der Waals surface area contributed by atoms with Crippen LogP contribution in [0, 0.1) is 0 Å².